The average Bonchev–Trinajstić information content (AvgIpc) is 2.80. The molecule has 0 spiro atoms. The van der Waals surface area contributed by atoms with Crippen molar-refractivity contribution in [2.75, 3.05) is 25.1 Å². The fourth-order valence-electron chi connectivity index (χ4n) is 4.05. The molecular weight excluding hydrogens is 432 g/mol. The zero-order valence-electron chi connectivity index (χ0n) is 18.5. The van der Waals surface area contributed by atoms with Gasteiger partial charge in [-0.2, -0.15) is 0 Å². The molecule has 0 amide bonds. The summed E-state index contributed by atoms with van der Waals surface area (Å²) in [6.45, 7) is 1.93. The van der Waals surface area contributed by atoms with E-state index in [4.69, 9.17) is 14.6 Å². The Kier molecular flexibility index (Phi) is 8.75. The molecule has 10 heteroatoms. The van der Waals surface area contributed by atoms with Crippen LogP contribution in [0.25, 0.3) is 11.3 Å². The Morgan fingerprint density at radius 3 is 2.36 bits per heavy atom. The number of aliphatic hydroxyl groups is 1. The molecule has 0 saturated carbocycles. The molecule has 1 fully saturated rings. The molecule has 0 bridgehead atoms. The molecule has 0 unspecified atom stereocenters. The highest BCUT2D eigenvalue weighted by atomic mass is 16.5. The number of aromatic carboxylic acids is 1. The average molecular weight is 460 g/mol. The maximum absolute atomic E-state index is 12.1. The van der Waals surface area contributed by atoms with Crippen molar-refractivity contribution in [2.45, 2.75) is 32.3 Å². The van der Waals surface area contributed by atoms with Crippen LogP contribution in [0.2, 0.25) is 0 Å². The molecule has 1 aromatic carbocycles. The SMILES string of the molecule is CCC[C@]1(C(=O)O)CN(c2nc(-c3ccc(OC)cc3)ccc2C(=O)O)CC[C@H]1O.O=CO. The van der Waals surface area contributed by atoms with Crippen LogP contribution in [0.4, 0.5) is 5.82 Å². The Labute approximate surface area is 191 Å². The number of anilines is 1. The number of piperidine rings is 1. The minimum atomic E-state index is -1.36. The van der Waals surface area contributed by atoms with Crippen molar-refractivity contribution in [1.29, 1.82) is 0 Å². The van der Waals surface area contributed by atoms with E-state index in [2.05, 4.69) is 4.98 Å². The summed E-state index contributed by atoms with van der Waals surface area (Å²) in [5.41, 5.74) is -0.00988. The van der Waals surface area contributed by atoms with E-state index < -0.39 is 23.5 Å². The molecule has 1 aliphatic rings. The van der Waals surface area contributed by atoms with Gasteiger partial charge in [-0.25, -0.2) is 9.78 Å². The molecule has 10 nitrogen and oxygen atoms in total. The lowest BCUT2D eigenvalue weighted by atomic mass is 9.74. The number of benzene rings is 1. The molecule has 33 heavy (non-hydrogen) atoms. The maximum Gasteiger partial charge on any atom is 0.339 e. The summed E-state index contributed by atoms with van der Waals surface area (Å²) in [6.07, 6.45) is 0.104. The molecule has 1 saturated heterocycles. The molecule has 2 heterocycles. The van der Waals surface area contributed by atoms with E-state index in [9.17, 15) is 24.9 Å². The van der Waals surface area contributed by atoms with Crippen molar-refractivity contribution in [3.63, 3.8) is 0 Å². The van der Waals surface area contributed by atoms with Crippen LogP contribution in [0.1, 0.15) is 36.5 Å². The predicted octanol–water partition coefficient (Wildman–Crippen LogP) is 2.60. The zero-order chi connectivity index (χ0) is 24.6. The van der Waals surface area contributed by atoms with E-state index in [-0.39, 0.29) is 30.8 Å². The van der Waals surface area contributed by atoms with Crippen LogP contribution in [-0.2, 0) is 9.59 Å². The lowest BCUT2D eigenvalue weighted by Crippen LogP contribution is -2.56. The van der Waals surface area contributed by atoms with Crippen LogP contribution in [0, 0.1) is 5.41 Å². The Morgan fingerprint density at radius 1 is 1.21 bits per heavy atom. The van der Waals surface area contributed by atoms with Crippen LogP contribution in [0.5, 0.6) is 5.75 Å². The summed E-state index contributed by atoms with van der Waals surface area (Å²) in [5.74, 6) is -1.31. The predicted molar refractivity (Wildman–Crippen MR) is 120 cm³/mol. The number of carbonyl (C=O) groups is 3. The number of rotatable bonds is 7. The molecule has 2 atom stereocenters. The number of hydrogen-bond acceptors (Lipinski definition) is 7. The van der Waals surface area contributed by atoms with Gasteiger partial charge in [0, 0.05) is 18.7 Å². The lowest BCUT2D eigenvalue weighted by molar-refractivity contribution is -0.158. The third kappa shape index (κ3) is 5.58. The van der Waals surface area contributed by atoms with E-state index in [0.717, 1.165) is 5.56 Å². The highest BCUT2D eigenvalue weighted by molar-refractivity contribution is 5.94. The van der Waals surface area contributed by atoms with Crippen molar-refractivity contribution in [3.8, 4) is 17.0 Å². The van der Waals surface area contributed by atoms with Gasteiger partial charge in [-0.1, -0.05) is 13.3 Å². The van der Waals surface area contributed by atoms with Crippen LogP contribution in [0.15, 0.2) is 36.4 Å². The third-order valence-electron chi connectivity index (χ3n) is 5.70. The van der Waals surface area contributed by atoms with Gasteiger partial charge in [0.2, 0.25) is 0 Å². The molecule has 0 aliphatic carbocycles. The third-order valence-corrected chi connectivity index (χ3v) is 5.70. The highest BCUT2D eigenvalue weighted by Gasteiger charge is 2.49. The second-order valence-electron chi connectivity index (χ2n) is 7.64. The van der Waals surface area contributed by atoms with E-state index in [0.29, 0.717) is 30.8 Å². The molecular formula is C23H28N2O8. The molecule has 2 aromatic rings. The van der Waals surface area contributed by atoms with Gasteiger partial charge < -0.3 is 30.1 Å². The van der Waals surface area contributed by atoms with Crippen molar-refractivity contribution < 1.29 is 39.5 Å². The van der Waals surface area contributed by atoms with E-state index in [1.807, 2.05) is 19.1 Å². The molecule has 1 aliphatic heterocycles. The molecule has 1 aromatic heterocycles. The summed E-state index contributed by atoms with van der Waals surface area (Å²) >= 11 is 0. The van der Waals surface area contributed by atoms with Crippen molar-refractivity contribution in [2.24, 2.45) is 5.41 Å². The van der Waals surface area contributed by atoms with E-state index in [1.165, 1.54) is 6.07 Å². The summed E-state index contributed by atoms with van der Waals surface area (Å²) in [7, 11) is 1.57. The summed E-state index contributed by atoms with van der Waals surface area (Å²) < 4.78 is 5.17. The standard InChI is InChI=1S/C22H26N2O6.CH2O2/c1-3-11-22(21(28)29)13-24(12-10-18(22)25)19-16(20(26)27)8-9-17(23-19)14-4-6-15(30-2)7-5-14;2-1-3/h4-9,18,25H,3,10-13H2,1-2H3,(H,26,27)(H,28,29);1H,(H,2,3)/t18-,22+;/m1./s1. The largest absolute Gasteiger partial charge is 0.497 e. The number of aliphatic hydroxyl groups excluding tert-OH is 1. The molecule has 178 valence electrons. The van der Waals surface area contributed by atoms with Gasteiger partial charge in [0.1, 0.15) is 22.5 Å². The number of hydrogen-bond donors (Lipinski definition) is 4. The van der Waals surface area contributed by atoms with Crippen LogP contribution in [-0.4, -0.2) is 70.1 Å². The van der Waals surface area contributed by atoms with E-state index >= 15 is 0 Å². The van der Waals surface area contributed by atoms with Gasteiger partial charge in [-0.3, -0.25) is 9.59 Å². The normalized spacial score (nSPS) is 19.7. The van der Waals surface area contributed by atoms with Gasteiger partial charge in [-0.15, -0.1) is 0 Å². The summed E-state index contributed by atoms with van der Waals surface area (Å²) in [4.78, 5) is 38.5. The Morgan fingerprint density at radius 2 is 1.85 bits per heavy atom. The second kappa shape index (κ2) is 11.3. The molecule has 3 rings (SSSR count). The minimum absolute atomic E-state index is 0.000520. The minimum Gasteiger partial charge on any atom is -0.497 e. The highest BCUT2D eigenvalue weighted by Crippen LogP contribution is 2.38. The van der Waals surface area contributed by atoms with Gasteiger partial charge in [0.15, 0.2) is 0 Å². The molecule has 4 N–H and O–H groups in total. The number of aliphatic carboxylic acids is 1. The number of methoxy groups -OCH3 is 1. The quantitative estimate of drug-likeness (QED) is 0.453. The number of aromatic nitrogens is 1. The number of ether oxygens (including phenoxy) is 1. The van der Waals surface area contributed by atoms with Crippen molar-refractivity contribution >= 4 is 24.2 Å². The van der Waals surface area contributed by atoms with Gasteiger partial charge >= 0.3 is 11.9 Å². The van der Waals surface area contributed by atoms with E-state index in [1.54, 1.807) is 30.2 Å². The number of carboxylic acid groups (broad SMARTS) is 3. The summed E-state index contributed by atoms with van der Waals surface area (Å²) in [5, 5.41) is 36.9. The van der Waals surface area contributed by atoms with Crippen LogP contribution >= 0.6 is 0 Å². The smallest absolute Gasteiger partial charge is 0.339 e. The van der Waals surface area contributed by atoms with Crippen molar-refractivity contribution in [1.82, 2.24) is 4.98 Å². The van der Waals surface area contributed by atoms with Gasteiger partial charge in [0.05, 0.1) is 18.9 Å². The number of pyridine rings is 1. The van der Waals surface area contributed by atoms with Crippen LogP contribution in [0.3, 0.4) is 0 Å². The first kappa shape index (κ1) is 25.6. The second-order valence-corrected chi connectivity index (χ2v) is 7.64. The van der Waals surface area contributed by atoms with Gasteiger partial charge in [-0.05, 0) is 49.2 Å². The topological polar surface area (TPSA) is 157 Å². The van der Waals surface area contributed by atoms with Crippen LogP contribution < -0.4 is 9.64 Å². The fraction of sp³-hybridized carbons (Fsp3) is 0.391. The number of nitrogens with zero attached hydrogens (tertiary/aromatic N) is 2. The fourth-order valence-corrected chi connectivity index (χ4v) is 4.05. The monoisotopic (exact) mass is 460 g/mol. The van der Waals surface area contributed by atoms with Gasteiger partial charge in [0.25, 0.3) is 6.47 Å². The first-order valence-electron chi connectivity index (χ1n) is 10.4. The zero-order valence-corrected chi connectivity index (χ0v) is 18.5. The van der Waals surface area contributed by atoms with Crippen molar-refractivity contribution in [3.05, 3.63) is 42.0 Å². The molecule has 0 radical (unpaired) electrons. The number of carboxylic acids is 2. The first-order valence-corrected chi connectivity index (χ1v) is 10.4. The summed E-state index contributed by atoms with van der Waals surface area (Å²) in [6, 6.07) is 10.3. The lowest BCUT2D eigenvalue weighted by Gasteiger charge is -2.44. The maximum atomic E-state index is 12.1. The Bertz CT molecular complexity index is 979. The first-order chi connectivity index (χ1) is 15.7. The Balaban J connectivity index is 0.00000122. The Hall–Kier alpha value is -3.66.